The number of hydrogen-bond acceptors (Lipinski definition) is 6. The molecule has 38 heavy (non-hydrogen) atoms. The summed E-state index contributed by atoms with van der Waals surface area (Å²) in [4.78, 5) is 34.9. The Morgan fingerprint density at radius 2 is 2.03 bits per heavy atom. The fraction of sp³-hybridized carbons (Fsp3) is 0.111. The lowest BCUT2D eigenvalue weighted by molar-refractivity contribution is -0.116. The number of nitrogens with one attached hydrogen (secondary N) is 1. The first-order valence-electron chi connectivity index (χ1n) is 11.4. The zero-order valence-corrected chi connectivity index (χ0v) is 20.8. The van der Waals surface area contributed by atoms with Gasteiger partial charge in [-0.3, -0.25) is 23.8 Å². The Balaban J connectivity index is 1.55. The van der Waals surface area contributed by atoms with Gasteiger partial charge in [0.05, 0.1) is 46.0 Å². The molecule has 1 N–H and O–H groups in total. The van der Waals surface area contributed by atoms with Crippen LogP contribution in [-0.2, 0) is 24.9 Å². The first-order chi connectivity index (χ1) is 18.4. The third-order valence-electron chi connectivity index (χ3n) is 5.69. The minimum Gasteiger partial charge on any atom is -0.323 e. The molecule has 1 amide bonds. The number of rotatable bonds is 5. The molecule has 0 spiro atoms. The van der Waals surface area contributed by atoms with Crippen LogP contribution in [0.2, 0.25) is 5.02 Å². The van der Waals surface area contributed by atoms with Crippen LogP contribution in [0.3, 0.4) is 0 Å². The summed E-state index contributed by atoms with van der Waals surface area (Å²) in [5.41, 5.74) is 2.83. The molecule has 0 aliphatic rings. The number of nitrogens with zero attached hydrogens (tertiary/aromatic N) is 7. The van der Waals surface area contributed by atoms with Crippen molar-refractivity contribution in [3.63, 3.8) is 0 Å². The lowest BCUT2D eigenvalue weighted by Crippen LogP contribution is -2.22. The first kappa shape index (κ1) is 24.5. The maximum atomic E-state index is 13.6. The smallest absolute Gasteiger partial charge is 0.264 e. The predicted molar refractivity (Wildman–Crippen MR) is 142 cm³/mol. The molecule has 1 aromatic carbocycles. The fourth-order valence-electron chi connectivity index (χ4n) is 3.96. The summed E-state index contributed by atoms with van der Waals surface area (Å²) in [5, 5.41) is 16.8. The van der Waals surface area contributed by atoms with Crippen LogP contribution in [0, 0.1) is 23.2 Å². The third kappa shape index (κ3) is 5.03. The highest BCUT2D eigenvalue weighted by atomic mass is 35.5. The Morgan fingerprint density at radius 1 is 1.16 bits per heavy atom. The molecule has 0 fully saturated rings. The van der Waals surface area contributed by atoms with E-state index in [0.717, 1.165) is 5.56 Å². The molecular weight excluding hydrogens is 504 g/mol. The van der Waals surface area contributed by atoms with Crippen molar-refractivity contribution < 1.29 is 4.79 Å². The molecule has 0 atom stereocenters. The molecule has 0 saturated heterocycles. The topological polar surface area (TPSA) is 123 Å². The van der Waals surface area contributed by atoms with Crippen molar-refractivity contribution in [3.05, 3.63) is 94.1 Å². The van der Waals surface area contributed by atoms with E-state index >= 15 is 0 Å². The summed E-state index contributed by atoms with van der Waals surface area (Å²) in [6.07, 6.45) is 9.47. The van der Waals surface area contributed by atoms with Crippen LogP contribution in [0.25, 0.3) is 22.2 Å². The van der Waals surface area contributed by atoms with Crippen LogP contribution in [0.15, 0.2) is 72.4 Å². The highest BCUT2D eigenvalue weighted by Gasteiger charge is 2.19. The van der Waals surface area contributed by atoms with Crippen LogP contribution in [-0.4, -0.2) is 34.8 Å². The van der Waals surface area contributed by atoms with Gasteiger partial charge in [-0.15, -0.1) is 0 Å². The van der Waals surface area contributed by atoms with E-state index in [4.69, 9.17) is 11.6 Å². The summed E-state index contributed by atoms with van der Waals surface area (Å²) >= 11 is 6.12. The molecule has 4 aromatic heterocycles. The molecule has 0 saturated carbocycles. The summed E-state index contributed by atoms with van der Waals surface area (Å²) in [6.45, 7) is -0.00902. The summed E-state index contributed by atoms with van der Waals surface area (Å²) in [6, 6.07) is 10.6. The largest absolute Gasteiger partial charge is 0.323 e. The van der Waals surface area contributed by atoms with Crippen LogP contribution < -0.4 is 10.9 Å². The number of aryl methyl sites for hydroxylation is 1. The molecule has 0 unspecified atom stereocenters. The lowest BCUT2D eigenvalue weighted by atomic mass is 10.0. The highest BCUT2D eigenvalue weighted by Crippen LogP contribution is 2.28. The van der Waals surface area contributed by atoms with Gasteiger partial charge in [0.15, 0.2) is 0 Å². The van der Waals surface area contributed by atoms with E-state index in [1.165, 1.54) is 23.3 Å². The quantitative estimate of drug-likeness (QED) is 0.353. The van der Waals surface area contributed by atoms with Gasteiger partial charge in [0.1, 0.15) is 18.5 Å². The van der Waals surface area contributed by atoms with Crippen molar-refractivity contribution in [2.24, 2.45) is 7.05 Å². The van der Waals surface area contributed by atoms with Gasteiger partial charge in [0.2, 0.25) is 5.91 Å². The number of aromatic nitrogens is 6. The van der Waals surface area contributed by atoms with E-state index in [2.05, 4.69) is 38.3 Å². The molecule has 0 aliphatic heterocycles. The normalized spacial score (nSPS) is 10.6. The van der Waals surface area contributed by atoms with E-state index in [0.29, 0.717) is 38.4 Å². The molecule has 5 aromatic rings. The number of halogens is 1. The van der Waals surface area contributed by atoms with Crippen molar-refractivity contribution in [1.82, 2.24) is 28.9 Å². The van der Waals surface area contributed by atoms with Gasteiger partial charge in [0, 0.05) is 37.4 Å². The molecule has 11 heteroatoms. The zero-order valence-electron chi connectivity index (χ0n) is 20.1. The van der Waals surface area contributed by atoms with E-state index in [1.54, 1.807) is 65.2 Å². The molecule has 4 heterocycles. The van der Waals surface area contributed by atoms with E-state index in [1.807, 2.05) is 0 Å². The predicted octanol–water partition coefficient (Wildman–Crippen LogP) is 3.21. The van der Waals surface area contributed by atoms with Crippen molar-refractivity contribution in [2.45, 2.75) is 13.1 Å². The average Bonchev–Trinajstić information content (AvgIpc) is 3.50. The van der Waals surface area contributed by atoms with Crippen molar-refractivity contribution in [1.29, 1.82) is 5.26 Å². The zero-order chi connectivity index (χ0) is 26.6. The van der Waals surface area contributed by atoms with Crippen LogP contribution in [0.4, 0.5) is 5.69 Å². The summed E-state index contributed by atoms with van der Waals surface area (Å²) in [5.74, 6) is 5.59. The van der Waals surface area contributed by atoms with Crippen LogP contribution in [0.1, 0.15) is 11.1 Å². The van der Waals surface area contributed by atoms with Crippen molar-refractivity contribution in [2.75, 3.05) is 5.32 Å². The van der Waals surface area contributed by atoms with Gasteiger partial charge in [0.25, 0.3) is 5.56 Å². The fourth-order valence-corrected chi connectivity index (χ4v) is 4.12. The minimum absolute atomic E-state index is 0.112. The Morgan fingerprint density at radius 3 is 2.79 bits per heavy atom. The number of hydrogen-bond donors (Lipinski definition) is 1. The maximum absolute atomic E-state index is 13.6. The summed E-state index contributed by atoms with van der Waals surface area (Å²) < 4.78 is 4.65. The SMILES string of the molecule is Cn1cc(C#CCn2cnc3c(c(-c4cccc(C#N)c4)cn3CC(=O)Nc3ccncc3Cl)c2=O)cn1. The molecular formula is C27H19ClN8O2. The molecule has 10 nitrogen and oxygen atoms in total. The number of fused-ring (bicyclic) bond motifs is 1. The molecule has 186 valence electrons. The van der Waals surface area contributed by atoms with Gasteiger partial charge in [-0.1, -0.05) is 35.6 Å². The van der Waals surface area contributed by atoms with Gasteiger partial charge in [-0.25, -0.2) is 4.98 Å². The molecule has 0 radical (unpaired) electrons. The lowest BCUT2D eigenvalue weighted by Gasteiger charge is -2.08. The Bertz CT molecular complexity index is 1850. The summed E-state index contributed by atoms with van der Waals surface area (Å²) in [7, 11) is 1.80. The van der Waals surface area contributed by atoms with Crippen molar-refractivity contribution in [3.8, 4) is 29.0 Å². The Labute approximate surface area is 221 Å². The molecule has 5 rings (SSSR count). The molecule has 0 aliphatic carbocycles. The second-order valence-corrected chi connectivity index (χ2v) is 8.75. The number of anilines is 1. The second kappa shape index (κ2) is 10.4. The first-order valence-corrected chi connectivity index (χ1v) is 11.8. The van der Waals surface area contributed by atoms with Crippen LogP contribution in [0.5, 0.6) is 0 Å². The van der Waals surface area contributed by atoms with Gasteiger partial charge < -0.3 is 9.88 Å². The van der Waals surface area contributed by atoms with E-state index in [9.17, 15) is 14.9 Å². The number of amides is 1. The average molecular weight is 523 g/mol. The van der Waals surface area contributed by atoms with E-state index in [-0.39, 0.29) is 24.6 Å². The van der Waals surface area contributed by atoms with Gasteiger partial charge in [-0.05, 0) is 23.8 Å². The van der Waals surface area contributed by atoms with Gasteiger partial charge >= 0.3 is 0 Å². The number of carbonyl (C=O) groups is 1. The Hall–Kier alpha value is -5.19. The van der Waals surface area contributed by atoms with Crippen molar-refractivity contribution >= 4 is 34.2 Å². The number of pyridine rings is 1. The maximum Gasteiger partial charge on any atom is 0.264 e. The standard InChI is InChI=1S/C27H19ClN8O2/c1-34-14-19(12-32-34)5-3-9-35-17-31-26-25(27(35)38)21(20-6-2-4-18(10-20)11-29)15-36(26)16-24(37)33-23-7-8-30-13-22(23)28/h2,4,6-8,10,12-15,17H,9,16H2,1H3,(H,30,33,37). The van der Waals surface area contributed by atoms with Gasteiger partial charge in [-0.2, -0.15) is 10.4 Å². The number of nitriles is 1. The second-order valence-electron chi connectivity index (χ2n) is 8.35. The Kier molecular flexibility index (Phi) is 6.72. The monoisotopic (exact) mass is 522 g/mol. The highest BCUT2D eigenvalue weighted by molar-refractivity contribution is 6.33. The molecule has 0 bridgehead atoms. The third-order valence-corrected chi connectivity index (χ3v) is 6.00. The number of benzene rings is 1. The van der Waals surface area contributed by atoms with E-state index < -0.39 is 0 Å². The van der Waals surface area contributed by atoms with Crippen LogP contribution >= 0.6 is 11.6 Å². The minimum atomic E-state index is -0.361. The number of carbonyl (C=O) groups excluding carboxylic acids is 1.